The molecule has 0 bridgehead atoms. The third kappa shape index (κ3) is 3.81. The molecule has 3 aromatic rings. The van der Waals surface area contributed by atoms with Gasteiger partial charge in [-0.15, -0.1) is 0 Å². The van der Waals surface area contributed by atoms with Crippen molar-refractivity contribution in [1.82, 2.24) is 9.62 Å². The van der Waals surface area contributed by atoms with Crippen LogP contribution < -0.4 is 9.62 Å². The van der Waals surface area contributed by atoms with Gasteiger partial charge in [0.15, 0.2) is 0 Å². The van der Waals surface area contributed by atoms with Gasteiger partial charge in [-0.2, -0.15) is 4.72 Å². The van der Waals surface area contributed by atoms with Gasteiger partial charge < -0.3 is 4.90 Å². The minimum Gasteiger partial charge on any atom is -0.323 e. The molecule has 0 aromatic heterocycles. The van der Waals surface area contributed by atoms with Crippen molar-refractivity contribution in [2.45, 2.75) is 17.5 Å². The van der Waals surface area contributed by atoms with Crippen molar-refractivity contribution in [3.63, 3.8) is 0 Å². The summed E-state index contributed by atoms with van der Waals surface area (Å²) in [6, 6.07) is 23.2. The van der Waals surface area contributed by atoms with Crippen LogP contribution in [-0.4, -0.2) is 33.4 Å². The van der Waals surface area contributed by atoms with E-state index in [1.165, 1.54) is 4.90 Å². The van der Waals surface area contributed by atoms with Crippen molar-refractivity contribution in [2.24, 2.45) is 0 Å². The van der Waals surface area contributed by atoms with Gasteiger partial charge in [-0.1, -0.05) is 60.7 Å². The third-order valence-corrected chi connectivity index (χ3v) is 6.70. The predicted octanol–water partition coefficient (Wildman–Crippen LogP) is 3.76. The highest BCUT2D eigenvalue weighted by molar-refractivity contribution is 7.89. The number of hydrogen-bond donors (Lipinski definition) is 1. The van der Waals surface area contributed by atoms with Crippen molar-refractivity contribution in [1.29, 1.82) is 0 Å². The average Bonchev–Trinajstić information content (AvgIpc) is 2.77. The van der Waals surface area contributed by atoms with Gasteiger partial charge in [0.1, 0.15) is 0 Å². The van der Waals surface area contributed by atoms with E-state index < -0.39 is 16.1 Å². The zero-order chi connectivity index (χ0) is 21.3. The lowest BCUT2D eigenvalue weighted by Gasteiger charge is -2.32. The van der Waals surface area contributed by atoms with Crippen LogP contribution in [0.5, 0.6) is 0 Å². The summed E-state index contributed by atoms with van der Waals surface area (Å²) in [6.07, 6.45) is 0. The van der Waals surface area contributed by atoms with E-state index in [0.717, 1.165) is 22.4 Å². The van der Waals surface area contributed by atoms with Gasteiger partial charge in [-0.3, -0.25) is 4.90 Å². The fourth-order valence-electron chi connectivity index (χ4n) is 3.71. The first-order chi connectivity index (χ1) is 14.4. The molecule has 1 N–H and O–H groups in total. The van der Waals surface area contributed by atoms with Gasteiger partial charge in [-0.05, 0) is 34.9 Å². The maximum atomic E-state index is 13.3. The molecule has 30 heavy (non-hydrogen) atoms. The van der Waals surface area contributed by atoms with Crippen molar-refractivity contribution in [2.75, 3.05) is 19.0 Å². The molecule has 2 amide bonds. The SMILES string of the molecule is CN1Cc2cc(S(=O)(=O)NC(c3ccccc3)c3ccccc3)ccc2N(C)C1=O. The predicted molar refractivity (Wildman–Crippen MR) is 117 cm³/mol. The van der Waals surface area contributed by atoms with E-state index in [1.54, 1.807) is 37.2 Å². The Hall–Kier alpha value is -3.16. The molecule has 0 radical (unpaired) electrons. The maximum Gasteiger partial charge on any atom is 0.324 e. The summed E-state index contributed by atoms with van der Waals surface area (Å²) in [5.41, 5.74) is 3.23. The summed E-state index contributed by atoms with van der Waals surface area (Å²) in [5.74, 6) is 0. The minimum atomic E-state index is -3.81. The number of benzene rings is 3. The number of hydrogen-bond acceptors (Lipinski definition) is 3. The number of nitrogens with zero attached hydrogens (tertiary/aromatic N) is 2. The summed E-state index contributed by atoms with van der Waals surface area (Å²) < 4.78 is 29.5. The summed E-state index contributed by atoms with van der Waals surface area (Å²) >= 11 is 0. The monoisotopic (exact) mass is 421 g/mol. The molecule has 0 atom stereocenters. The van der Waals surface area contributed by atoms with E-state index in [9.17, 15) is 13.2 Å². The van der Waals surface area contributed by atoms with Crippen LogP contribution in [-0.2, 0) is 16.6 Å². The Bertz CT molecular complexity index is 1130. The molecule has 1 aliphatic heterocycles. The first-order valence-corrected chi connectivity index (χ1v) is 11.1. The normalized spacial score (nSPS) is 14.2. The second-order valence-electron chi connectivity index (χ2n) is 7.36. The smallest absolute Gasteiger partial charge is 0.323 e. The van der Waals surface area contributed by atoms with Gasteiger partial charge in [0.2, 0.25) is 10.0 Å². The van der Waals surface area contributed by atoms with Gasteiger partial charge >= 0.3 is 6.03 Å². The molecule has 0 spiro atoms. The number of fused-ring (bicyclic) bond motifs is 1. The molecule has 6 nitrogen and oxygen atoms in total. The van der Waals surface area contributed by atoms with Crippen molar-refractivity contribution < 1.29 is 13.2 Å². The van der Waals surface area contributed by atoms with Crippen LogP contribution in [0, 0.1) is 0 Å². The Morgan fingerprint density at radius 1 is 0.867 bits per heavy atom. The number of urea groups is 1. The van der Waals surface area contributed by atoms with Crippen molar-refractivity contribution >= 4 is 21.7 Å². The standard InChI is InChI=1S/C23H23N3O3S/c1-25-16-19-15-20(13-14-21(19)26(2)23(25)27)30(28,29)24-22(17-9-5-3-6-10-17)18-11-7-4-8-12-18/h3-15,22,24H,16H2,1-2H3. The van der Waals surface area contributed by atoms with Crippen LogP contribution in [0.1, 0.15) is 22.7 Å². The number of rotatable bonds is 5. The maximum absolute atomic E-state index is 13.3. The number of amides is 2. The van der Waals surface area contributed by atoms with E-state index >= 15 is 0 Å². The zero-order valence-electron chi connectivity index (χ0n) is 16.8. The Morgan fingerprint density at radius 2 is 1.43 bits per heavy atom. The first-order valence-electron chi connectivity index (χ1n) is 9.61. The van der Waals surface area contributed by atoms with E-state index in [4.69, 9.17) is 0 Å². The highest BCUT2D eigenvalue weighted by Gasteiger charge is 2.28. The lowest BCUT2D eigenvalue weighted by Crippen LogP contribution is -2.43. The highest BCUT2D eigenvalue weighted by atomic mass is 32.2. The molecule has 154 valence electrons. The summed E-state index contributed by atoms with van der Waals surface area (Å²) in [5, 5.41) is 0. The van der Waals surface area contributed by atoms with Crippen LogP contribution in [0.3, 0.4) is 0 Å². The van der Waals surface area contributed by atoms with E-state index in [0.29, 0.717) is 6.54 Å². The molecular formula is C23H23N3O3S. The number of carbonyl (C=O) groups excluding carboxylic acids is 1. The number of nitrogens with one attached hydrogen (secondary N) is 1. The van der Waals surface area contributed by atoms with E-state index in [1.807, 2.05) is 60.7 Å². The van der Waals surface area contributed by atoms with Gasteiger partial charge in [-0.25, -0.2) is 13.2 Å². The summed E-state index contributed by atoms with van der Waals surface area (Å²) in [7, 11) is -0.429. The van der Waals surface area contributed by atoms with Crippen molar-refractivity contribution in [3.8, 4) is 0 Å². The number of anilines is 1. The van der Waals surface area contributed by atoms with Crippen molar-refractivity contribution in [3.05, 3.63) is 95.6 Å². The molecule has 0 fully saturated rings. The average molecular weight is 422 g/mol. The zero-order valence-corrected chi connectivity index (χ0v) is 17.6. The quantitative estimate of drug-likeness (QED) is 0.682. The van der Waals surface area contributed by atoms with E-state index in [-0.39, 0.29) is 10.9 Å². The highest BCUT2D eigenvalue weighted by Crippen LogP contribution is 2.30. The second kappa shape index (κ2) is 7.93. The fourth-order valence-corrected chi connectivity index (χ4v) is 4.97. The fraction of sp³-hybridized carbons (Fsp3) is 0.174. The first kappa shape index (κ1) is 20.1. The largest absolute Gasteiger partial charge is 0.324 e. The Balaban J connectivity index is 1.71. The van der Waals surface area contributed by atoms with Gasteiger partial charge in [0, 0.05) is 20.6 Å². The molecule has 1 heterocycles. The molecule has 1 aliphatic rings. The van der Waals surface area contributed by atoms with E-state index in [2.05, 4.69) is 4.72 Å². The second-order valence-corrected chi connectivity index (χ2v) is 9.08. The molecule has 0 saturated heterocycles. The molecule has 3 aromatic carbocycles. The van der Waals surface area contributed by atoms with Crippen LogP contribution in [0.4, 0.5) is 10.5 Å². The molecular weight excluding hydrogens is 398 g/mol. The third-order valence-electron chi connectivity index (χ3n) is 5.28. The summed E-state index contributed by atoms with van der Waals surface area (Å²) in [4.78, 5) is 15.4. The number of sulfonamides is 1. The molecule has 0 saturated carbocycles. The van der Waals surface area contributed by atoms with Gasteiger partial charge in [0.25, 0.3) is 0 Å². The van der Waals surface area contributed by atoms with Crippen LogP contribution >= 0.6 is 0 Å². The Morgan fingerprint density at radius 3 is 2.00 bits per heavy atom. The minimum absolute atomic E-state index is 0.121. The van der Waals surface area contributed by atoms with Gasteiger partial charge in [0.05, 0.1) is 16.6 Å². The molecule has 0 aliphatic carbocycles. The topological polar surface area (TPSA) is 69.7 Å². The summed E-state index contributed by atoms with van der Waals surface area (Å²) in [6.45, 7) is 0.364. The number of carbonyl (C=O) groups is 1. The lowest BCUT2D eigenvalue weighted by molar-refractivity contribution is 0.212. The Labute approximate surface area is 176 Å². The lowest BCUT2D eigenvalue weighted by atomic mass is 10.00. The van der Waals surface area contributed by atoms with Crippen LogP contribution in [0.2, 0.25) is 0 Å². The molecule has 0 unspecified atom stereocenters. The Kier molecular flexibility index (Phi) is 5.32. The van der Waals surface area contributed by atoms with Crippen LogP contribution in [0.15, 0.2) is 83.8 Å². The van der Waals surface area contributed by atoms with Crippen LogP contribution in [0.25, 0.3) is 0 Å². The molecule has 7 heteroatoms. The molecule has 4 rings (SSSR count).